The van der Waals surface area contributed by atoms with Crippen molar-refractivity contribution in [2.24, 2.45) is 11.7 Å². The first kappa shape index (κ1) is 27.0. The summed E-state index contributed by atoms with van der Waals surface area (Å²) in [7, 11) is 0.992. The molecule has 2 heterocycles. The standard InChI is InChI=1S/C23H22F5N3O5/c1-10-16(13-5-6-14(24)17(25)18(13)35-4)19(36-22(10,3)23(26,27)28)21(34)31(11(2)32)12-7-8-30-15(9-12)20(29)33/h5-10,16,19H,1-4H3,(H2,29,33)/t10-,16-,19+,22+/m0/s1. The number of imide groups is 1. The summed E-state index contributed by atoms with van der Waals surface area (Å²) >= 11 is 0. The third-order valence-electron chi connectivity index (χ3n) is 6.34. The summed E-state index contributed by atoms with van der Waals surface area (Å²) in [6, 6.07) is 3.87. The zero-order valence-corrected chi connectivity index (χ0v) is 19.5. The summed E-state index contributed by atoms with van der Waals surface area (Å²) in [4.78, 5) is 41.9. The van der Waals surface area contributed by atoms with Gasteiger partial charge in [0.15, 0.2) is 17.2 Å². The van der Waals surface area contributed by atoms with Crippen molar-refractivity contribution in [3.63, 3.8) is 0 Å². The number of amides is 3. The van der Waals surface area contributed by atoms with E-state index in [0.717, 1.165) is 46.2 Å². The number of carbonyl (C=O) groups is 3. The van der Waals surface area contributed by atoms with Crippen LogP contribution in [-0.4, -0.2) is 47.7 Å². The van der Waals surface area contributed by atoms with Crippen molar-refractivity contribution in [1.82, 2.24) is 4.98 Å². The molecule has 0 bridgehead atoms. The normalized spacial score (nSPS) is 23.9. The van der Waals surface area contributed by atoms with Crippen molar-refractivity contribution >= 4 is 23.4 Å². The predicted octanol–water partition coefficient (Wildman–Crippen LogP) is 3.49. The maximum Gasteiger partial charge on any atom is 0.417 e. The number of nitrogens with zero attached hydrogens (tertiary/aromatic N) is 2. The fraction of sp³-hybridized carbons (Fsp3) is 0.391. The van der Waals surface area contributed by atoms with Crippen LogP contribution in [0.4, 0.5) is 27.6 Å². The zero-order chi connectivity index (χ0) is 27.2. The predicted molar refractivity (Wildman–Crippen MR) is 115 cm³/mol. The van der Waals surface area contributed by atoms with Crippen molar-refractivity contribution in [2.75, 3.05) is 12.0 Å². The van der Waals surface area contributed by atoms with Gasteiger partial charge in [-0.1, -0.05) is 13.0 Å². The first-order valence-corrected chi connectivity index (χ1v) is 10.5. The number of halogens is 5. The molecule has 13 heteroatoms. The molecule has 36 heavy (non-hydrogen) atoms. The molecule has 0 radical (unpaired) electrons. The number of nitrogens with two attached hydrogens (primary N) is 1. The lowest BCUT2D eigenvalue weighted by molar-refractivity contribution is -0.272. The highest BCUT2D eigenvalue weighted by atomic mass is 19.4. The van der Waals surface area contributed by atoms with Gasteiger partial charge in [0.05, 0.1) is 12.8 Å². The quantitative estimate of drug-likeness (QED) is 0.611. The van der Waals surface area contributed by atoms with E-state index in [-0.39, 0.29) is 16.9 Å². The number of alkyl halides is 3. The minimum absolute atomic E-state index is 0.204. The highest BCUT2D eigenvalue weighted by Crippen LogP contribution is 2.55. The fourth-order valence-corrected chi connectivity index (χ4v) is 4.31. The molecule has 3 rings (SSSR count). The second-order valence-electron chi connectivity index (χ2n) is 8.40. The molecule has 1 aliphatic rings. The molecule has 0 saturated carbocycles. The lowest BCUT2D eigenvalue weighted by Gasteiger charge is -2.32. The minimum atomic E-state index is -4.98. The monoisotopic (exact) mass is 515 g/mol. The highest BCUT2D eigenvalue weighted by molar-refractivity contribution is 6.16. The summed E-state index contributed by atoms with van der Waals surface area (Å²) < 4.78 is 81.0. The Kier molecular flexibility index (Phi) is 7.08. The number of primary amides is 1. The van der Waals surface area contributed by atoms with Gasteiger partial charge in [0.25, 0.3) is 11.8 Å². The third kappa shape index (κ3) is 4.38. The average molecular weight is 515 g/mol. The molecule has 3 amide bonds. The SMILES string of the molecule is COc1c([C@H]2[C@H](C(=O)N(C(C)=O)c3ccnc(C(N)=O)c3)O[C@@](C)(C(F)(F)F)[C@H]2C)ccc(F)c1F. The summed E-state index contributed by atoms with van der Waals surface area (Å²) in [6.07, 6.45) is -5.89. The van der Waals surface area contributed by atoms with Crippen molar-refractivity contribution in [3.8, 4) is 5.75 Å². The molecule has 0 aliphatic carbocycles. The van der Waals surface area contributed by atoms with Gasteiger partial charge in [-0.15, -0.1) is 0 Å². The molecule has 1 fully saturated rings. The number of rotatable bonds is 5. The van der Waals surface area contributed by atoms with Gasteiger partial charge in [-0.25, -0.2) is 9.29 Å². The number of hydrogen-bond donors (Lipinski definition) is 1. The minimum Gasteiger partial charge on any atom is -0.493 e. The largest absolute Gasteiger partial charge is 0.493 e. The number of ether oxygens (including phenoxy) is 2. The number of methoxy groups -OCH3 is 1. The van der Waals surface area contributed by atoms with Gasteiger partial charge < -0.3 is 15.2 Å². The first-order chi connectivity index (χ1) is 16.7. The Labute approximate surface area is 202 Å². The van der Waals surface area contributed by atoms with E-state index in [1.807, 2.05) is 0 Å². The van der Waals surface area contributed by atoms with E-state index in [9.17, 15) is 36.3 Å². The molecule has 194 valence electrons. The molecule has 2 N–H and O–H groups in total. The van der Waals surface area contributed by atoms with Crippen LogP contribution in [0.1, 0.15) is 42.7 Å². The molecule has 1 aliphatic heterocycles. The molecule has 4 atom stereocenters. The van der Waals surface area contributed by atoms with Crippen LogP contribution in [0, 0.1) is 17.6 Å². The van der Waals surface area contributed by atoms with Crippen LogP contribution in [0.25, 0.3) is 0 Å². The Balaban J connectivity index is 2.21. The zero-order valence-electron chi connectivity index (χ0n) is 19.5. The summed E-state index contributed by atoms with van der Waals surface area (Å²) in [5.41, 5.74) is 1.51. The Bertz CT molecular complexity index is 1220. The van der Waals surface area contributed by atoms with Gasteiger partial charge in [-0.2, -0.15) is 17.6 Å². The van der Waals surface area contributed by atoms with E-state index in [1.54, 1.807) is 0 Å². The van der Waals surface area contributed by atoms with E-state index in [0.29, 0.717) is 11.0 Å². The van der Waals surface area contributed by atoms with Gasteiger partial charge in [-0.3, -0.25) is 19.4 Å². The third-order valence-corrected chi connectivity index (χ3v) is 6.34. The van der Waals surface area contributed by atoms with Gasteiger partial charge in [0.1, 0.15) is 11.8 Å². The van der Waals surface area contributed by atoms with Crippen LogP contribution in [0.15, 0.2) is 30.5 Å². The molecular formula is C23H22F5N3O5. The number of carbonyl (C=O) groups excluding carboxylic acids is 3. The second-order valence-corrected chi connectivity index (χ2v) is 8.40. The van der Waals surface area contributed by atoms with Crippen LogP contribution in [0.5, 0.6) is 5.75 Å². The fourth-order valence-electron chi connectivity index (χ4n) is 4.31. The molecular weight excluding hydrogens is 493 g/mol. The smallest absolute Gasteiger partial charge is 0.417 e. The molecule has 1 saturated heterocycles. The van der Waals surface area contributed by atoms with Crippen molar-refractivity contribution in [1.29, 1.82) is 0 Å². The van der Waals surface area contributed by atoms with Crippen LogP contribution in [0.2, 0.25) is 0 Å². The van der Waals surface area contributed by atoms with Crippen molar-refractivity contribution < 1.29 is 45.8 Å². The number of anilines is 1. The van der Waals surface area contributed by atoms with E-state index in [4.69, 9.17) is 15.2 Å². The van der Waals surface area contributed by atoms with Gasteiger partial charge in [-0.05, 0) is 25.1 Å². The van der Waals surface area contributed by atoms with E-state index in [2.05, 4.69) is 4.98 Å². The van der Waals surface area contributed by atoms with Crippen LogP contribution >= 0.6 is 0 Å². The maximum atomic E-state index is 14.5. The summed E-state index contributed by atoms with van der Waals surface area (Å²) in [6.45, 7) is 2.83. The molecule has 0 unspecified atom stereocenters. The topological polar surface area (TPSA) is 112 Å². The Morgan fingerprint density at radius 1 is 1.19 bits per heavy atom. The van der Waals surface area contributed by atoms with Gasteiger partial charge in [0, 0.05) is 30.5 Å². The average Bonchev–Trinajstić information content (AvgIpc) is 3.07. The van der Waals surface area contributed by atoms with Gasteiger partial charge >= 0.3 is 6.18 Å². The molecule has 2 aromatic rings. The Hall–Kier alpha value is -3.61. The second kappa shape index (κ2) is 9.45. The molecule has 1 aromatic heterocycles. The lowest BCUT2D eigenvalue weighted by atomic mass is 9.76. The Morgan fingerprint density at radius 2 is 1.83 bits per heavy atom. The molecule has 1 aromatic carbocycles. The van der Waals surface area contributed by atoms with Crippen LogP contribution in [0.3, 0.4) is 0 Å². The maximum absolute atomic E-state index is 14.5. The van der Waals surface area contributed by atoms with Crippen molar-refractivity contribution in [3.05, 3.63) is 53.4 Å². The van der Waals surface area contributed by atoms with E-state index < -0.39 is 64.8 Å². The summed E-state index contributed by atoms with van der Waals surface area (Å²) in [5.74, 6) is -9.65. The molecule has 8 nitrogen and oxygen atoms in total. The van der Waals surface area contributed by atoms with E-state index >= 15 is 0 Å². The number of aromatic nitrogens is 1. The first-order valence-electron chi connectivity index (χ1n) is 10.5. The summed E-state index contributed by atoms with van der Waals surface area (Å²) in [5, 5.41) is 0. The van der Waals surface area contributed by atoms with E-state index in [1.165, 1.54) is 6.07 Å². The van der Waals surface area contributed by atoms with Crippen LogP contribution < -0.4 is 15.4 Å². The number of benzene rings is 1. The van der Waals surface area contributed by atoms with Crippen LogP contribution in [-0.2, 0) is 14.3 Å². The lowest BCUT2D eigenvalue weighted by Crippen LogP contribution is -2.48. The number of pyridine rings is 1. The number of hydrogen-bond acceptors (Lipinski definition) is 6. The van der Waals surface area contributed by atoms with Crippen molar-refractivity contribution in [2.45, 2.75) is 44.6 Å². The Morgan fingerprint density at radius 3 is 2.36 bits per heavy atom. The molecule has 0 spiro atoms. The van der Waals surface area contributed by atoms with Gasteiger partial charge in [0.2, 0.25) is 11.7 Å². The highest BCUT2D eigenvalue weighted by Gasteiger charge is 2.66.